The van der Waals surface area contributed by atoms with E-state index in [9.17, 15) is 0 Å². The fourth-order valence-corrected chi connectivity index (χ4v) is 8.80. The maximum atomic E-state index is 6.57. The molecular weight excluding hydrogens is 432 g/mol. The number of hydrogen-bond donors (Lipinski definition) is 0. The molecule has 4 heteroatoms. The summed E-state index contributed by atoms with van der Waals surface area (Å²) in [6.45, 7) is 0. The lowest BCUT2D eigenvalue weighted by molar-refractivity contribution is 0.426. The number of rotatable bonds is 5. The van der Waals surface area contributed by atoms with E-state index < -0.39 is 8.32 Å². The van der Waals surface area contributed by atoms with E-state index in [2.05, 4.69) is 114 Å². The first kappa shape index (κ1) is 20.6. The van der Waals surface area contributed by atoms with Crippen molar-refractivity contribution in [2.45, 2.75) is 0 Å². The molecule has 6 aromatic rings. The number of fused-ring (bicyclic) bond motifs is 3. The zero-order valence-corrected chi connectivity index (χ0v) is 19.9. The Hall–Kier alpha value is -3.99. The molecule has 2 aromatic heterocycles. The molecule has 0 aliphatic rings. The Morgan fingerprint density at radius 1 is 0.618 bits per heavy atom. The van der Waals surface area contributed by atoms with E-state index in [1.54, 1.807) is 0 Å². The molecule has 0 unspecified atom stereocenters. The topological polar surface area (TPSA) is 27.1 Å². The highest BCUT2D eigenvalue weighted by Crippen LogP contribution is 2.30. The molecule has 3 nitrogen and oxygen atoms in total. The molecule has 0 atom stereocenters. The molecule has 0 radical (unpaired) electrons. The highest BCUT2D eigenvalue weighted by molar-refractivity contribution is 7.07. The van der Waals surface area contributed by atoms with Crippen molar-refractivity contribution in [2.24, 2.45) is 0 Å². The minimum Gasteiger partial charge on any atom is -0.408 e. The van der Waals surface area contributed by atoms with Gasteiger partial charge in [-0.1, -0.05) is 84.9 Å². The molecule has 164 valence electrons. The largest absolute Gasteiger partial charge is 0.408 e. The summed E-state index contributed by atoms with van der Waals surface area (Å²) >= 11 is 0. The molecule has 0 aliphatic carbocycles. The lowest BCUT2D eigenvalue weighted by Crippen LogP contribution is -2.68. The molecule has 34 heavy (non-hydrogen) atoms. The van der Waals surface area contributed by atoms with Gasteiger partial charge in [0, 0.05) is 29.8 Å². The quantitative estimate of drug-likeness (QED) is 0.275. The second kappa shape index (κ2) is 8.41. The Balaban J connectivity index is 1.68. The minimum absolute atomic E-state index is 0.963. The van der Waals surface area contributed by atoms with Gasteiger partial charge in [-0.15, -0.1) is 0 Å². The molecule has 0 fully saturated rings. The van der Waals surface area contributed by atoms with Gasteiger partial charge in [-0.2, -0.15) is 0 Å². The Labute approximate surface area is 200 Å². The number of aromatic nitrogens is 2. The van der Waals surface area contributed by atoms with Crippen LogP contribution in [0.4, 0.5) is 0 Å². The molecule has 4 aromatic carbocycles. The van der Waals surface area contributed by atoms with Gasteiger partial charge in [-0.05, 0) is 52.0 Å². The highest BCUT2D eigenvalue weighted by atomic mass is 28.4. The van der Waals surface area contributed by atoms with E-state index in [1.165, 1.54) is 20.9 Å². The van der Waals surface area contributed by atoms with Gasteiger partial charge in [-0.3, -0.25) is 4.57 Å². The maximum absolute atomic E-state index is 6.57. The summed E-state index contributed by atoms with van der Waals surface area (Å²) in [4.78, 5) is 4.77. The summed E-state index contributed by atoms with van der Waals surface area (Å²) in [6, 6.07) is 42.7. The third-order valence-corrected chi connectivity index (χ3v) is 10.6. The molecule has 0 amide bonds. The van der Waals surface area contributed by atoms with Crippen LogP contribution in [0.2, 0.25) is 0 Å². The van der Waals surface area contributed by atoms with Gasteiger partial charge in [0.05, 0.1) is 5.52 Å². The Kier molecular flexibility index (Phi) is 5.10. The number of para-hydroxylation sites is 1. The van der Waals surface area contributed by atoms with Crippen LogP contribution in [-0.4, -0.2) is 25.0 Å². The summed E-state index contributed by atoms with van der Waals surface area (Å²) in [7, 11) is -0.850. The third kappa shape index (κ3) is 3.11. The lowest BCUT2D eigenvalue weighted by Gasteiger charge is -2.31. The van der Waals surface area contributed by atoms with E-state index in [4.69, 9.17) is 9.41 Å². The summed E-state index contributed by atoms with van der Waals surface area (Å²) in [5.41, 5.74) is 3.21. The number of pyridine rings is 1. The van der Waals surface area contributed by atoms with E-state index in [0.29, 0.717) is 0 Å². The zero-order valence-electron chi connectivity index (χ0n) is 18.9. The summed E-state index contributed by atoms with van der Waals surface area (Å²) in [5, 5.41) is 6.00. The van der Waals surface area contributed by atoms with Gasteiger partial charge in [0.25, 0.3) is 8.32 Å². The minimum atomic E-state index is -2.70. The molecular formula is C30H24N2OSi. The number of nitrogens with zero attached hydrogens (tertiary/aromatic N) is 2. The predicted molar refractivity (Wildman–Crippen MR) is 143 cm³/mol. The molecule has 0 bridgehead atoms. The molecule has 0 N–H and O–H groups in total. The van der Waals surface area contributed by atoms with Crippen LogP contribution in [0.25, 0.3) is 27.6 Å². The first-order valence-corrected chi connectivity index (χ1v) is 13.3. The average Bonchev–Trinajstić information content (AvgIpc) is 3.25. The van der Waals surface area contributed by atoms with Crippen LogP contribution in [0.5, 0.6) is 0 Å². The van der Waals surface area contributed by atoms with Crippen LogP contribution in [0, 0.1) is 0 Å². The molecule has 2 heterocycles. The summed E-state index contributed by atoms with van der Waals surface area (Å²) in [5.74, 6) is 0. The monoisotopic (exact) mass is 456 g/mol. The van der Waals surface area contributed by atoms with Crippen molar-refractivity contribution in [1.82, 2.24) is 9.55 Å². The molecule has 0 aliphatic heterocycles. The van der Waals surface area contributed by atoms with Gasteiger partial charge in [0.2, 0.25) is 0 Å². The van der Waals surface area contributed by atoms with Crippen LogP contribution in [0.1, 0.15) is 0 Å². The SMILES string of the molecule is CO[Si](c1ccccc1)(c1ccccc1)c1ccc2c(c1)c1cccnc1n2-c1ccccc1. The molecule has 0 saturated heterocycles. The van der Waals surface area contributed by atoms with E-state index >= 15 is 0 Å². The number of hydrogen-bond acceptors (Lipinski definition) is 2. The molecule has 0 saturated carbocycles. The Morgan fingerprint density at radius 3 is 1.85 bits per heavy atom. The van der Waals surface area contributed by atoms with Crippen molar-refractivity contribution in [3.05, 3.63) is 128 Å². The summed E-state index contributed by atoms with van der Waals surface area (Å²) < 4.78 is 8.81. The lowest BCUT2D eigenvalue weighted by atomic mass is 10.2. The fourth-order valence-electron chi connectivity index (χ4n) is 5.10. The van der Waals surface area contributed by atoms with Crippen molar-refractivity contribution in [3.63, 3.8) is 0 Å². The van der Waals surface area contributed by atoms with Gasteiger partial charge in [0.1, 0.15) is 5.65 Å². The Bertz CT molecular complexity index is 1540. The van der Waals surface area contributed by atoms with Gasteiger partial charge in [0.15, 0.2) is 0 Å². The van der Waals surface area contributed by atoms with Crippen molar-refractivity contribution < 1.29 is 4.43 Å². The third-order valence-electron chi connectivity index (χ3n) is 6.61. The first-order valence-electron chi connectivity index (χ1n) is 11.4. The van der Waals surface area contributed by atoms with Crippen molar-refractivity contribution >= 4 is 45.8 Å². The molecule has 6 rings (SSSR count). The van der Waals surface area contributed by atoms with Gasteiger partial charge < -0.3 is 4.43 Å². The standard InChI is InChI=1S/C30H24N2OSi/c1-33-34(24-14-7-3-8-15-24,25-16-9-4-10-17-25)26-19-20-29-28(22-26)27-18-11-21-31-30(27)32(29)23-12-5-2-6-13-23/h2-22H,1H3. The van der Waals surface area contributed by atoms with E-state index in [-0.39, 0.29) is 0 Å². The fraction of sp³-hybridized carbons (Fsp3) is 0.0333. The number of benzene rings is 4. The van der Waals surface area contributed by atoms with Crippen molar-refractivity contribution in [3.8, 4) is 5.69 Å². The van der Waals surface area contributed by atoms with E-state index in [1.807, 2.05) is 25.4 Å². The van der Waals surface area contributed by atoms with Gasteiger partial charge >= 0.3 is 0 Å². The molecule has 0 spiro atoms. The second-order valence-corrected chi connectivity index (χ2v) is 11.9. The van der Waals surface area contributed by atoms with Crippen molar-refractivity contribution in [2.75, 3.05) is 7.11 Å². The normalized spacial score (nSPS) is 11.8. The predicted octanol–water partition coefficient (Wildman–Crippen LogP) is 4.79. The van der Waals surface area contributed by atoms with Crippen LogP contribution in [0.15, 0.2) is 128 Å². The first-order chi connectivity index (χ1) is 16.8. The van der Waals surface area contributed by atoms with Crippen LogP contribution in [0.3, 0.4) is 0 Å². The second-order valence-electron chi connectivity index (χ2n) is 8.39. The van der Waals surface area contributed by atoms with Crippen LogP contribution in [-0.2, 0) is 4.43 Å². The smallest absolute Gasteiger partial charge is 0.288 e. The highest BCUT2D eigenvalue weighted by Gasteiger charge is 2.41. The van der Waals surface area contributed by atoms with Gasteiger partial charge in [-0.25, -0.2) is 4.98 Å². The van der Waals surface area contributed by atoms with Crippen LogP contribution < -0.4 is 15.6 Å². The van der Waals surface area contributed by atoms with Crippen molar-refractivity contribution in [1.29, 1.82) is 0 Å². The Morgan fingerprint density at radius 2 is 1.24 bits per heavy atom. The van der Waals surface area contributed by atoms with E-state index in [0.717, 1.165) is 22.2 Å². The maximum Gasteiger partial charge on any atom is 0.288 e. The van der Waals surface area contributed by atoms with Crippen LogP contribution >= 0.6 is 0 Å². The average molecular weight is 457 g/mol. The summed E-state index contributed by atoms with van der Waals surface area (Å²) in [6.07, 6.45) is 1.86. The zero-order chi connectivity index (χ0) is 23.0.